The molecule has 0 radical (unpaired) electrons. The van der Waals surface area contributed by atoms with Gasteiger partial charge in [-0.2, -0.15) is 0 Å². The first-order valence-corrected chi connectivity index (χ1v) is 6.35. The van der Waals surface area contributed by atoms with E-state index in [0.29, 0.717) is 13.2 Å². The van der Waals surface area contributed by atoms with Crippen LogP contribution in [0.3, 0.4) is 0 Å². The highest BCUT2D eigenvalue weighted by molar-refractivity contribution is 5.84. The summed E-state index contributed by atoms with van der Waals surface area (Å²) in [5.74, 6) is 0.684. The Morgan fingerprint density at radius 1 is 1.15 bits per heavy atom. The summed E-state index contributed by atoms with van der Waals surface area (Å²) in [5, 5.41) is 13.1. The van der Waals surface area contributed by atoms with E-state index in [4.69, 9.17) is 9.99 Å². The number of hydrogen-bond donors (Lipinski definition) is 2. The number of ether oxygens (including phenoxy) is 1. The van der Waals surface area contributed by atoms with E-state index >= 15 is 0 Å². The Bertz CT molecular complexity index is 597. The molecule has 5 heteroatoms. The Morgan fingerprint density at radius 2 is 1.90 bits per heavy atom. The van der Waals surface area contributed by atoms with Crippen molar-refractivity contribution in [2.24, 2.45) is 0 Å². The fraction of sp³-hybridized carbons (Fsp3) is 0.267. The fourth-order valence-corrected chi connectivity index (χ4v) is 1.90. The van der Waals surface area contributed by atoms with E-state index in [1.165, 1.54) is 6.92 Å². The summed E-state index contributed by atoms with van der Waals surface area (Å²) < 4.78 is 5.42. The number of carbonyl (C=O) groups is 1. The van der Waals surface area contributed by atoms with Gasteiger partial charge in [0.05, 0.1) is 0 Å². The van der Waals surface area contributed by atoms with Crippen LogP contribution >= 0.6 is 0 Å². The largest absolute Gasteiger partial charge is 0.491 e. The molecule has 1 amide bonds. The summed E-state index contributed by atoms with van der Waals surface area (Å²) in [6.45, 7) is 2.45. The van der Waals surface area contributed by atoms with E-state index in [-0.39, 0.29) is 12.5 Å². The van der Waals surface area contributed by atoms with Gasteiger partial charge in [0.15, 0.2) is 0 Å². The highest BCUT2D eigenvalue weighted by atomic mass is 17.1. The number of benzene rings is 2. The number of amides is 1. The van der Waals surface area contributed by atoms with Crippen LogP contribution in [-0.4, -0.2) is 24.4 Å². The first kappa shape index (κ1) is 14.3. The third kappa shape index (κ3) is 3.94. The van der Waals surface area contributed by atoms with E-state index in [1.807, 2.05) is 36.4 Å². The molecule has 0 aromatic heterocycles. The van der Waals surface area contributed by atoms with Crippen molar-refractivity contribution in [3.63, 3.8) is 0 Å². The zero-order chi connectivity index (χ0) is 14.4. The maximum Gasteiger partial charge on any atom is 0.217 e. The van der Waals surface area contributed by atoms with Gasteiger partial charge in [0.1, 0.15) is 19.0 Å². The van der Waals surface area contributed by atoms with Gasteiger partial charge >= 0.3 is 0 Å². The SMILES string of the molecule is CC(=O)NCc1ccc2cc(OCCOO)ccc2c1. The van der Waals surface area contributed by atoms with Crippen molar-refractivity contribution in [1.82, 2.24) is 5.32 Å². The molecule has 0 saturated heterocycles. The molecule has 0 fully saturated rings. The van der Waals surface area contributed by atoms with Crippen LogP contribution in [0.5, 0.6) is 5.75 Å². The lowest BCUT2D eigenvalue weighted by atomic mass is 10.1. The number of carbonyl (C=O) groups excluding carboxylic acids is 1. The van der Waals surface area contributed by atoms with E-state index in [9.17, 15) is 4.79 Å². The highest BCUT2D eigenvalue weighted by Crippen LogP contribution is 2.22. The second-order valence-electron chi connectivity index (χ2n) is 4.43. The van der Waals surface area contributed by atoms with Gasteiger partial charge in [-0.1, -0.05) is 18.2 Å². The van der Waals surface area contributed by atoms with Gasteiger partial charge in [0.25, 0.3) is 0 Å². The number of fused-ring (bicyclic) bond motifs is 1. The highest BCUT2D eigenvalue weighted by Gasteiger charge is 2.00. The standard InChI is InChI=1S/C15H17NO4/c1-11(17)16-10-12-2-3-14-9-15(19-6-7-20-18)5-4-13(14)8-12/h2-5,8-9,18H,6-7,10H2,1H3,(H,16,17). The first-order valence-electron chi connectivity index (χ1n) is 6.35. The molecule has 0 saturated carbocycles. The van der Waals surface area contributed by atoms with Crippen molar-refractivity contribution >= 4 is 16.7 Å². The van der Waals surface area contributed by atoms with Crippen molar-refractivity contribution < 1.29 is 19.7 Å². The van der Waals surface area contributed by atoms with Gasteiger partial charge in [-0.05, 0) is 34.5 Å². The van der Waals surface area contributed by atoms with Gasteiger partial charge in [-0.3, -0.25) is 10.1 Å². The predicted molar refractivity (Wildman–Crippen MR) is 75.5 cm³/mol. The van der Waals surface area contributed by atoms with Crippen LogP contribution in [0.1, 0.15) is 12.5 Å². The van der Waals surface area contributed by atoms with E-state index in [2.05, 4.69) is 10.2 Å². The fourth-order valence-electron chi connectivity index (χ4n) is 1.90. The van der Waals surface area contributed by atoms with Gasteiger partial charge in [0.2, 0.25) is 5.91 Å². The Morgan fingerprint density at radius 3 is 2.65 bits per heavy atom. The number of hydrogen-bond acceptors (Lipinski definition) is 4. The molecule has 106 valence electrons. The Hall–Kier alpha value is -2.11. The van der Waals surface area contributed by atoms with Crippen LogP contribution in [0.25, 0.3) is 10.8 Å². The van der Waals surface area contributed by atoms with Gasteiger partial charge in [-0.25, -0.2) is 4.89 Å². The molecule has 2 N–H and O–H groups in total. The molecular formula is C15H17NO4. The molecule has 0 aliphatic heterocycles. The minimum atomic E-state index is -0.0417. The number of rotatable bonds is 6. The summed E-state index contributed by atoms with van der Waals surface area (Å²) in [6, 6.07) is 11.7. The van der Waals surface area contributed by atoms with Gasteiger partial charge < -0.3 is 10.1 Å². The third-order valence-corrected chi connectivity index (χ3v) is 2.86. The molecule has 2 aromatic carbocycles. The zero-order valence-corrected chi connectivity index (χ0v) is 11.3. The third-order valence-electron chi connectivity index (χ3n) is 2.86. The lowest BCUT2D eigenvalue weighted by molar-refractivity contribution is -0.245. The monoisotopic (exact) mass is 275 g/mol. The maximum atomic E-state index is 10.9. The Labute approximate surface area is 117 Å². The molecule has 0 aliphatic carbocycles. The van der Waals surface area contributed by atoms with E-state index in [0.717, 1.165) is 22.1 Å². The van der Waals surface area contributed by atoms with Crippen LogP contribution in [0.2, 0.25) is 0 Å². The van der Waals surface area contributed by atoms with Crippen LogP contribution in [0.4, 0.5) is 0 Å². The van der Waals surface area contributed by atoms with Crippen molar-refractivity contribution in [3.8, 4) is 5.75 Å². The maximum absolute atomic E-state index is 10.9. The van der Waals surface area contributed by atoms with Crippen molar-refractivity contribution in [2.75, 3.05) is 13.2 Å². The molecule has 0 atom stereocenters. The topological polar surface area (TPSA) is 67.8 Å². The van der Waals surface area contributed by atoms with E-state index in [1.54, 1.807) is 0 Å². The molecule has 2 rings (SSSR count). The van der Waals surface area contributed by atoms with Crippen LogP contribution < -0.4 is 10.1 Å². The quantitative estimate of drug-likeness (QED) is 0.482. The van der Waals surface area contributed by atoms with Crippen molar-refractivity contribution in [3.05, 3.63) is 42.0 Å². The van der Waals surface area contributed by atoms with Crippen molar-refractivity contribution in [2.45, 2.75) is 13.5 Å². The zero-order valence-electron chi connectivity index (χ0n) is 11.3. The number of nitrogens with one attached hydrogen (secondary N) is 1. The summed E-state index contributed by atoms with van der Waals surface area (Å²) in [7, 11) is 0. The summed E-state index contributed by atoms with van der Waals surface area (Å²) in [4.78, 5) is 14.8. The molecule has 0 unspecified atom stereocenters. The molecule has 0 heterocycles. The average molecular weight is 275 g/mol. The molecule has 5 nitrogen and oxygen atoms in total. The van der Waals surface area contributed by atoms with Crippen LogP contribution in [-0.2, 0) is 16.2 Å². The van der Waals surface area contributed by atoms with Gasteiger partial charge in [-0.15, -0.1) is 0 Å². The molecule has 0 aliphatic rings. The van der Waals surface area contributed by atoms with Crippen LogP contribution in [0, 0.1) is 0 Å². The minimum Gasteiger partial charge on any atom is -0.491 e. The molecule has 0 spiro atoms. The molecule has 20 heavy (non-hydrogen) atoms. The second kappa shape index (κ2) is 6.88. The molecule has 2 aromatic rings. The smallest absolute Gasteiger partial charge is 0.217 e. The lowest BCUT2D eigenvalue weighted by Crippen LogP contribution is -2.18. The van der Waals surface area contributed by atoms with Crippen LogP contribution in [0.15, 0.2) is 36.4 Å². The predicted octanol–water partition coefficient (Wildman–Crippen LogP) is 2.34. The lowest BCUT2D eigenvalue weighted by Gasteiger charge is -2.08. The molecule has 0 bridgehead atoms. The Kier molecular flexibility index (Phi) is 4.92. The van der Waals surface area contributed by atoms with Gasteiger partial charge in [0, 0.05) is 13.5 Å². The Balaban J connectivity index is 2.10. The van der Waals surface area contributed by atoms with Crippen molar-refractivity contribution in [1.29, 1.82) is 0 Å². The van der Waals surface area contributed by atoms with E-state index < -0.39 is 0 Å². The normalized spacial score (nSPS) is 10.5. The average Bonchev–Trinajstić information content (AvgIpc) is 2.45. The summed E-state index contributed by atoms with van der Waals surface area (Å²) >= 11 is 0. The summed E-state index contributed by atoms with van der Waals surface area (Å²) in [5.41, 5.74) is 1.05. The second-order valence-corrected chi connectivity index (χ2v) is 4.43. The first-order chi connectivity index (χ1) is 9.69. The summed E-state index contributed by atoms with van der Waals surface area (Å²) in [6.07, 6.45) is 0. The minimum absolute atomic E-state index is 0.0417. The molecular weight excluding hydrogens is 258 g/mol.